The molecule has 0 aromatic carbocycles. The Balaban J connectivity index is 0. The Kier molecular flexibility index (Phi) is 5.41. The number of carbonyl (C=O) groups is 1. The average Bonchev–Trinajstić information content (AvgIpc) is 1.19. The highest BCUT2D eigenvalue weighted by Gasteiger charge is 1.97. The van der Waals surface area contributed by atoms with Gasteiger partial charge in [-0.05, 0) is 20.8 Å². The fourth-order valence-electron chi connectivity index (χ4n) is 0. The van der Waals surface area contributed by atoms with Gasteiger partial charge in [0.25, 0.3) is 5.97 Å². The smallest absolute Gasteiger partial charge is 0.300 e. The molecule has 0 aliphatic carbocycles. The van der Waals surface area contributed by atoms with Gasteiger partial charge in [-0.1, -0.05) is 0 Å². The van der Waals surface area contributed by atoms with Crippen molar-refractivity contribution in [3.8, 4) is 0 Å². The molecule has 0 amide bonds. The summed E-state index contributed by atoms with van der Waals surface area (Å²) in [6, 6.07) is 0. The van der Waals surface area contributed by atoms with E-state index in [-0.39, 0.29) is 0 Å². The van der Waals surface area contributed by atoms with Gasteiger partial charge >= 0.3 is 0 Å². The van der Waals surface area contributed by atoms with Crippen LogP contribution in [0, 0.1) is 0 Å². The van der Waals surface area contributed by atoms with E-state index in [9.17, 15) is 0 Å². The van der Waals surface area contributed by atoms with Crippen LogP contribution in [0.25, 0.3) is 0 Å². The molecule has 0 aromatic rings. The number of aliphatic hydroxyl groups is 1. The summed E-state index contributed by atoms with van der Waals surface area (Å²) in [7, 11) is 0. The fraction of sp³-hybridized carbons (Fsp3) is 0.833. The molecule has 0 aliphatic heterocycles. The van der Waals surface area contributed by atoms with Crippen LogP contribution in [0.3, 0.4) is 0 Å². The monoisotopic (exact) mass is 134 g/mol. The van der Waals surface area contributed by atoms with Crippen molar-refractivity contribution in [3.63, 3.8) is 0 Å². The van der Waals surface area contributed by atoms with Crippen molar-refractivity contribution in [1.82, 2.24) is 0 Å². The third kappa shape index (κ3) is 674. The summed E-state index contributed by atoms with van der Waals surface area (Å²) >= 11 is 0. The highest BCUT2D eigenvalue weighted by molar-refractivity contribution is 5.62. The van der Waals surface area contributed by atoms with Crippen LogP contribution in [0.4, 0.5) is 0 Å². The van der Waals surface area contributed by atoms with Crippen molar-refractivity contribution < 1.29 is 15.0 Å². The zero-order chi connectivity index (χ0) is 8.08. The van der Waals surface area contributed by atoms with Crippen molar-refractivity contribution in [2.75, 3.05) is 0 Å². The van der Waals surface area contributed by atoms with E-state index in [1.54, 1.807) is 20.8 Å². The van der Waals surface area contributed by atoms with Crippen LogP contribution in [-0.4, -0.2) is 21.8 Å². The molecule has 0 atom stereocenters. The van der Waals surface area contributed by atoms with Crippen LogP contribution in [0.15, 0.2) is 0 Å². The largest absolute Gasteiger partial charge is 0.481 e. The molecule has 0 heterocycles. The van der Waals surface area contributed by atoms with E-state index in [1.807, 2.05) is 0 Å². The standard InChI is InChI=1S/C4H10O.C2H4O2/c1-4(2,3)5;1-2(3)4/h5H,1-3H3;1H3,(H,3,4). The van der Waals surface area contributed by atoms with E-state index in [1.165, 1.54) is 0 Å². The van der Waals surface area contributed by atoms with Gasteiger partial charge in [-0.3, -0.25) is 4.79 Å². The molecular weight excluding hydrogens is 120 g/mol. The van der Waals surface area contributed by atoms with Gasteiger partial charge in [-0.25, -0.2) is 0 Å². The quantitative estimate of drug-likeness (QED) is 0.516. The first-order valence-electron chi connectivity index (χ1n) is 2.65. The molecule has 0 aliphatic rings. The maximum absolute atomic E-state index is 9.00. The second-order valence-electron chi connectivity index (χ2n) is 2.69. The highest BCUT2D eigenvalue weighted by Crippen LogP contribution is 1.93. The maximum atomic E-state index is 9.00. The highest BCUT2D eigenvalue weighted by atomic mass is 16.4. The molecule has 0 saturated heterocycles. The predicted octanol–water partition coefficient (Wildman–Crippen LogP) is 0.868. The van der Waals surface area contributed by atoms with Gasteiger partial charge in [-0.2, -0.15) is 0 Å². The minimum Gasteiger partial charge on any atom is -0.481 e. The Morgan fingerprint density at radius 3 is 1.33 bits per heavy atom. The molecule has 2 N–H and O–H groups in total. The van der Waals surface area contributed by atoms with Crippen molar-refractivity contribution in [2.24, 2.45) is 0 Å². The van der Waals surface area contributed by atoms with E-state index >= 15 is 0 Å². The fourth-order valence-corrected chi connectivity index (χ4v) is 0. The first-order chi connectivity index (χ1) is 3.73. The zero-order valence-corrected chi connectivity index (χ0v) is 6.30. The van der Waals surface area contributed by atoms with Crippen molar-refractivity contribution in [2.45, 2.75) is 33.3 Å². The van der Waals surface area contributed by atoms with Crippen LogP contribution in [0.1, 0.15) is 27.7 Å². The van der Waals surface area contributed by atoms with Crippen LogP contribution >= 0.6 is 0 Å². The molecular formula is C6H14O3. The molecule has 3 heteroatoms. The van der Waals surface area contributed by atoms with Crippen molar-refractivity contribution in [1.29, 1.82) is 0 Å². The lowest BCUT2D eigenvalue weighted by Gasteiger charge is -2.04. The molecule has 0 spiro atoms. The van der Waals surface area contributed by atoms with Crippen molar-refractivity contribution >= 4 is 5.97 Å². The third-order valence-corrected chi connectivity index (χ3v) is 0. The van der Waals surface area contributed by atoms with Gasteiger partial charge < -0.3 is 10.2 Å². The Labute approximate surface area is 55.3 Å². The topological polar surface area (TPSA) is 57.5 Å². The summed E-state index contributed by atoms with van der Waals surface area (Å²) in [5.74, 6) is -0.833. The molecule has 0 saturated carbocycles. The predicted molar refractivity (Wildman–Crippen MR) is 35.3 cm³/mol. The lowest BCUT2D eigenvalue weighted by Crippen LogP contribution is -2.10. The van der Waals surface area contributed by atoms with Crippen LogP contribution in [-0.2, 0) is 4.79 Å². The molecule has 0 unspecified atom stereocenters. The summed E-state index contributed by atoms with van der Waals surface area (Å²) in [6.07, 6.45) is 0. The minimum atomic E-state index is -0.833. The summed E-state index contributed by atoms with van der Waals surface area (Å²) < 4.78 is 0. The number of carboxylic acids is 1. The molecule has 3 nitrogen and oxygen atoms in total. The minimum absolute atomic E-state index is 0.500. The summed E-state index contributed by atoms with van der Waals surface area (Å²) in [5.41, 5.74) is -0.500. The summed E-state index contributed by atoms with van der Waals surface area (Å²) in [5, 5.41) is 15.9. The molecule has 56 valence electrons. The van der Waals surface area contributed by atoms with E-state index in [4.69, 9.17) is 15.0 Å². The summed E-state index contributed by atoms with van der Waals surface area (Å²) in [6.45, 7) is 6.31. The normalized spacial score (nSPS) is 9.44. The number of aliphatic carboxylic acids is 1. The van der Waals surface area contributed by atoms with Gasteiger partial charge in [0.1, 0.15) is 0 Å². The second kappa shape index (κ2) is 4.32. The molecule has 0 aromatic heterocycles. The van der Waals surface area contributed by atoms with E-state index < -0.39 is 11.6 Å². The molecule has 0 bridgehead atoms. The van der Waals surface area contributed by atoms with Gasteiger partial charge in [0.15, 0.2) is 0 Å². The van der Waals surface area contributed by atoms with E-state index in [0.717, 1.165) is 6.92 Å². The second-order valence-corrected chi connectivity index (χ2v) is 2.69. The average molecular weight is 134 g/mol. The number of carboxylic acid groups (broad SMARTS) is 1. The van der Waals surface area contributed by atoms with Gasteiger partial charge in [0.2, 0.25) is 0 Å². The lowest BCUT2D eigenvalue weighted by atomic mass is 10.2. The van der Waals surface area contributed by atoms with Crippen LogP contribution in [0.5, 0.6) is 0 Å². The number of hydrogen-bond donors (Lipinski definition) is 2. The summed E-state index contributed by atoms with van der Waals surface area (Å²) in [4.78, 5) is 9.00. The van der Waals surface area contributed by atoms with Crippen molar-refractivity contribution in [3.05, 3.63) is 0 Å². The van der Waals surface area contributed by atoms with Crippen LogP contribution < -0.4 is 0 Å². The number of hydrogen-bond acceptors (Lipinski definition) is 2. The third-order valence-electron chi connectivity index (χ3n) is 0. The van der Waals surface area contributed by atoms with E-state index in [2.05, 4.69) is 0 Å². The Morgan fingerprint density at radius 2 is 1.33 bits per heavy atom. The Bertz CT molecular complexity index is 70.8. The SMILES string of the molecule is CC(=O)O.CC(C)(C)O. The Hall–Kier alpha value is -0.570. The molecule has 0 radical (unpaired) electrons. The zero-order valence-electron chi connectivity index (χ0n) is 6.30. The van der Waals surface area contributed by atoms with Crippen LogP contribution in [0.2, 0.25) is 0 Å². The molecule has 0 rings (SSSR count). The number of rotatable bonds is 0. The maximum Gasteiger partial charge on any atom is 0.300 e. The van der Waals surface area contributed by atoms with Gasteiger partial charge in [0.05, 0.1) is 5.60 Å². The first-order valence-corrected chi connectivity index (χ1v) is 2.65. The first kappa shape index (κ1) is 11.3. The molecule has 0 fully saturated rings. The van der Waals surface area contributed by atoms with E-state index in [0.29, 0.717) is 0 Å². The van der Waals surface area contributed by atoms with Gasteiger partial charge in [0, 0.05) is 6.92 Å². The van der Waals surface area contributed by atoms with Gasteiger partial charge in [-0.15, -0.1) is 0 Å². The molecule has 9 heavy (non-hydrogen) atoms. The Morgan fingerprint density at radius 1 is 1.33 bits per heavy atom. The lowest BCUT2D eigenvalue weighted by molar-refractivity contribution is -0.134.